The second-order valence-corrected chi connectivity index (χ2v) is 5.63. The predicted octanol–water partition coefficient (Wildman–Crippen LogP) is 4.00. The van der Waals surface area contributed by atoms with Crippen LogP contribution >= 0.6 is 22.9 Å². The second kappa shape index (κ2) is 6.32. The van der Waals surface area contributed by atoms with Crippen molar-refractivity contribution in [2.24, 2.45) is 0 Å². The first-order chi connectivity index (χ1) is 8.69. The van der Waals surface area contributed by atoms with Crippen LogP contribution < -0.4 is 5.32 Å². The number of hydrogen-bond donors (Lipinski definition) is 1. The topological polar surface area (TPSA) is 24.9 Å². The molecule has 2 rings (SSSR count). The minimum atomic E-state index is 0.277. The van der Waals surface area contributed by atoms with Crippen LogP contribution in [0.1, 0.15) is 29.2 Å². The SMILES string of the molecule is CCNC(Cc1nc(C)cs1)c1cccc(Cl)c1. The van der Waals surface area contributed by atoms with E-state index >= 15 is 0 Å². The average Bonchev–Trinajstić information content (AvgIpc) is 2.74. The van der Waals surface area contributed by atoms with E-state index in [0.717, 1.165) is 23.7 Å². The van der Waals surface area contributed by atoms with E-state index in [4.69, 9.17) is 11.6 Å². The molecule has 96 valence electrons. The van der Waals surface area contributed by atoms with Gasteiger partial charge in [0.05, 0.1) is 5.01 Å². The molecular weight excluding hydrogens is 264 g/mol. The van der Waals surface area contributed by atoms with Gasteiger partial charge in [-0.05, 0) is 31.2 Å². The molecule has 0 saturated heterocycles. The van der Waals surface area contributed by atoms with Gasteiger partial charge in [-0.1, -0.05) is 30.7 Å². The molecule has 0 radical (unpaired) electrons. The van der Waals surface area contributed by atoms with Crippen LogP contribution in [0, 0.1) is 6.92 Å². The van der Waals surface area contributed by atoms with Gasteiger partial charge >= 0.3 is 0 Å². The largest absolute Gasteiger partial charge is 0.310 e. The van der Waals surface area contributed by atoms with Gasteiger partial charge in [-0.2, -0.15) is 0 Å². The number of halogens is 1. The molecule has 2 nitrogen and oxygen atoms in total. The normalized spacial score (nSPS) is 12.6. The average molecular weight is 281 g/mol. The van der Waals surface area contributed by atoms with E-state index in [1.54, 1.807) is 11.3 Å². The van der Waals surface area contributed by atoms with Crippen molar-refractivity contribution in [3.05, 3.63) is 50.9 Å². The van der Waals surface area contributed by atoms with Gasteiger partial charge in [0.25, 0.3) is 0 Å². The number of likely N-dealkylation sites (N-methyl/N-ethyl adjacent to an activating group) is 1. The van der Waals surface area contributed by atoms with E-state index in [9.17, 15) is 0 Å². The van der Waals surface area contributed by atoms with Crippen LogP contribution in [-0.4, -0.2) is 11.5 Å². The Morgan fingerprint density at radius 1 is 1.44 bits per heavy atom. The van der Waals surface area contributed by atoms with E-state index in [2.05, 4.69) is 28.7 Å². The Balaban J connectivity index is 2.17. The number of aryl methyl sites for hydroxylation is 1. The fourth-order valence-corrected chi connectivity index (χ4v) is 2.97. The summed E-state index contributed by atoms with van der Waals surface area (Å²) in [6.07, 6.45) is 0.909. The summed E-state index contributed by atoms with van der Waals surface area (Å²) in [5, 5.41) is 7.53. The fraction of sp³-hybridized carbons (Fsp3) is 0.357. The highest BCUT2D eigenvalue weighted by Gasteiger charge is 2.13. The standard InChI is InChI=1S/C14H17ClN2S/c1-3-16-13(8-14-17-10(2)9-18-14)11-5-4-6-12(15)7-11/h4-7,9,13,16H,3,8H2,1-2H3. The summed E-state index contributed by atoms with van der Waals surface area (Å²) in [4.78, 5) is 4.53. The Labute approximate surface area is 117 Å². The molecule has 1 unspecified atom stereocenters. The molecule has 0 aliphatic carbocycles. The molecule has 0 fully saturated rings. The van der Waals surface area contributed by atoms with Crippen LogP contribution in [-0.2, 0) is 6.42 Å². The van der Waals surface area contributed by atoms with Crippen LogP contribution in [0.25, 0.3) is 0 Å². The summed E-state index contributed by atoms with van der Waals surface area (Å²) in [5.41, 5.74) is 2.31. The molecule has 0 amide bonds. The van der Waals surface area contributed by atoms with Crippen LogP contribution in [0.5, 0.6) is 0 Å². The lowest BCUT2D eigenvalue weighted by atomic mass is 10.0. The predicted molar refractivity (Wildman–Crippen MR) is 78.4 cm³/mol. The lowest BCUT2D eigenvalue weighted by Crippen LogP contribution is -2.22. The molecule has 1 atom stereocenters. The Morgan fingerprint density at radius 3 is 2.89 bits per heavy atom. The molecule has 18 heavy (non-hydrogen) atoms. The maximum Gasteiger partial charge on any atom is 0.0947 e. The van der Waals surface area contributed by atoms with E-state index in [-0.39, 0.29) is 6.04 Å². The van der Waals surface area contributed by atoms with Gasteiger partial charge in [-0.3, -0.25) is 0 Å². The quantitative estimate of drug-likeness (QED) is 0.895. The number of rotatable bonds is 5. The highest BCUT2D eigenvalue weighted by Crippen LogP contribution is 2.23. The Bertz CT molecular complexity index is 510. The first-order valence-electron chi connectivity index (χ1n) is 6.09. The maximum atomic E-state index is 6.06. The zero-order chi connectivity index (χ0) is 13.0. The first-order valence-corrected chi connectivity index (χ1v) is 7.34. The molecule has 0 aliphatic heterocycles. The van der Waals surface area contributed by atoms with Gasteiger partial charge in [0.1, 0.15) is 0 Å². The van der Waals surface area contributed by atoms with Crippen LogP contribution in [0.4, 0.5) is 0 Å². The number of thiazole rings is 1. The van der Waals surface area contributed by atoms with Crippen molar-refractivity contribution in [2.45, 2.75) is 26.3 Å². The minimum absolute atomic E-state index is 0.277. The molecule has 4 heteroatoms. The van der Waals surface area contributed by atoms with Crippen molar-refractivity contribution in [1.29, 1.82) is 0 Å². The minimum Gasteiger partial charge on any atom is -0.310 e. The molecule has 1 N–H and O–H groups in total. The fourth-order valence-electron chi connectivity index (χ4n) is 1.95. The Kier molecular flexibility index (Phi) is 4.75. The third kappa shape index (κ3) is 3.55. The maximum absolute atomic E-state index is 6.06. The van der Waals surface area contributed by atoms with Gasteiger partial charge in [0.15, 0.2) is 0 Å². The third-order valence-electron chi connectivity index (χ3n) is 2.75. The van der Waals surface area contributed by atoms with Crippen molar-refractivity contribution >= 4 is 22.9 Å². The molecular formula is C14H17ClN2S. The van der Waals surface area contributed by atoms with Gasteiger partial charge in [0.2, 0.25) is 0 Å². The van der Waals surface area contributed by atoms with E-state index < -0.39 is 0 Å². The van der Waals surface area contributed by atoms with Gasteiger partial charge < -0.3 is 5.32 Å². The van der Waals surface area contributed by atoms with Crippen molar-refractivity contribution in [2.75, 3.05) is 6.54 Å². The number of nitrogens with zero attached hydrogens (tertiary/aromatic N) is 1. The van der Waals surface area contributed by atoms with E-state index in [1.807, 2.05) is 25.1 Å². The van der Waals surface area contributed by atoms with Crippen molar-refractivity contribution in [1.82, 2.24) is 10.3 Å². The summed E-state index contributed by atoms with van der Waals surface area (Å²) >= 11 is 7.77. The molecule has 1 heterocycles. The number of benzene rings is 1. The van der Waals surface area contributed by atoms with E-state index in [0.29, 0.717) is 0 Å². The van der Waals surface area contributed by atoms with Crippen molar-refractivity contribution in [3.63, 3.8) is 0 Å². The van der Waals surface area contributed by atoms with Crippen LogP contribution in [0.15, 0.2) is 29.6 Å². The summed E-state index contributed by atoms with van der Waals surface area (Å²) in [7, 11) is 0. The molecule has 0 saturated carbocycles. The van der Waals surface area contributed by atoms with Crippen molar-refractivity contribution in [3.8, 4) is 0 Å². The number of hydrogen-bond acceptors (Lipinski definition) is 3. The number of aromatic nitrogens is 1. The summed E-state index contributed by atoms with van der Waals surface area (Å²) < 4.78 is 0. The van der Waals surface area contributed by atoms with Gasteiger partial charge in [0, 0.05) is 28.6 Å². The zero-order valence-corrected chi connectivity index (χ0v) is 12.2. The third-order valence-corrected chi connectivity index (χ3v) is 3.97. The lowest BCUT2D eigenvalue weighted by molar-refractivity contribution is 0.548. The Morgan fingerprint density at radius 2 is 2.28 bits per heavy atom. The van der Waals surface area contributed by atoms with Gasteiger partial charge in [-0.15, -0.1) is 11.3 Å². The smallest absolute Gasteiger partial charge is 0.0947 e. The summed E-state index contributed by atoms with van der Waals surface area (Å²) in [6.45, 7) is 5.08. The lowest BCUT2D eigenvalue weighted by Gasteiger charge is -2.17. The van der Waals surface area contributed by atoms with Gasteiger partial charge in [-0.25, -0.2) is 4.98 Å². The molecule has 1 aromatic carbocycles. The highest BCUT2D eigenvalue weighted by atomic mass is 35.5. The first kappa shape index (κ1) is 13.5. The highest BCUT2D eigenvalue weighted by molar-refractivity contribution is 7.09. The van der Waals surface area contributed by atoms with Crippen LogP contribution in [0.2, 0.25) is 5.02 Å². The summed E-state index contributed by atoms with van der Waals surface area (Å²) in [6, 6.07) is 8.31. The molecule has 0 bridgehead atoms. The van der Waals surface area contributed by atoms with Crippen LogP contribution in [0.3, 0.4) is 0 Å². The van der Waals surface area contributed by atoms with E-state index in [1.165, 1.54) is 10.6 Å². The van der Waals surface area contributed by atoms with Crippen molar-refractivity contribution < 1.29 is 0 Å². The molecule has 0 spiro atoms. The second-order valence-electron chi connectivity index (χ2n) is 4.25. The molecule has 0 aliphatic rings. The molecule has 2 aromatic rings. The number of nitrogens with one attached hydrogen (secondary N) is 1. The molecule has 1 aromatic heterocycles. The zero-order valence-electron chi connectivity index (χ0n) is 10.6. The Hall–Kier alpha value is -0.900. The monoisotopic (exact) mass is 280 g/mol. The summed E-state index contributed by atoms with van der Waals surface area (Å²) in [5.74, 6) is 0.